The van der Waals surface area contributed by atoms with Crippen LogP contribution in [-0.4, -0.2) is 29.8 Å². The molecule has 0 amide bonds. The van der Waals surface area contributed by atoms with Gasteiger partial charge in [0.05, 0.1) is 6.10 Å². The zero-order chi connectivity index (χ0) is 7.56. The van der Waals surface area contributed by atoms with Crippen molar-refractivity contribution in [3.63, 3.8) is 0 Å². The van der Waals surface area contributed by atoms with E-state index in [-0.39, 0.29) is 6.10 Å². The first kappa shape index (κ1) is 8.05. The summed E-state index contributed by atoms with van der Waals surface area (Å²) in [5.74, 6) is 0.574. The lowest BCUT2D eigenvalue weighted by atomic mass is 9.80. The molecule has 3 N–H and O–H groups in total. The molecular weight excluding hydrogens is 129 g/mol. The molecule has 0 heterocycles. The Balaban J connectivity index is 1.95. The van der Waals surface area contributed by atoms with Crippen molar-refractivity contribution in [1.82, 2.24) is 5.23 Å². The van der Waals surface area contributed by atoms with Gasteiger partial charge in [0.2, 0.25) is 0 Å². The lowest BCUT2D eigenvalue weighted by Gasteiger charge is -2.31. The molecule has 10 heavy (non-hydrogen) atoms. The van der Waals surface area contributed by atoms with Crippen LogP contribution in [0.15, 0.2) is 0 Å². The molecule has 0 saturated heterocycles. The van der Waals surface area contributed by atoms with Crippen molar-refractivity contribution in [3.05, 3.63) is 0 Å². The number of aliphatic hydroxyl groups is 1. The van der Waals surface area contributed by atoms with Gasteiger partial charge in [0.25, 0.3) is 0 Å². The van der Waals surface area contributed by atoms with Crippen molar-refractivity contribution in [2.75, 3.05) is 6.54 Å². The van der Waals surface area contributed by atoms with Gasteiger partial charge in [0.1, 0.15) is 0 Å². The minimum absolute atomic E-state index is 0.0826. The Kier molecular flexibility index (Phi) is 2.71. The molecule has 0 spiro atoms. The fourth-order valence-electron chi connectivity index (χ4n) is 1.20. The largest absolute Gasteiger partial charge is 0.437 e. The SMILES string of the molecule is CB(O)NC[C@H]1C[C@H](O)C1. The predicted octanol–water partition coefficient (Wildman–Crippen LogP) is -0.543. The third-order valence-electron chi connectivity index (χ3n) is 1.91. The Hall–Kier alpha value is -0.0551. The van der Waals surface area contributed by atoms with Crippen LogP contribution in [0.1, 0.15) is 12.8 Å². The highest BCUT2D eigenvalue weighted by Gasteiger charge is 2.26. The maximum absolute atomic E-state index is 8.89. The summed E-state index contributed by atoms with van der Waals surface area (Å²) in [5, 5.41) is 20.6. The molecule has 0 aromatic carbocycles. The smallest absolute Gasteiger partial charge is 0.373 e. The van der Waals surface area contributed by atoms with E-state index in [1.807, 2.05) is 0 Å². The molecule has 1 fully saturated rings. The molecule has 0 unspecified atom stereocenters. The van der Waals surface area contributed by atoms with Crippen molar-refractivity contribution in [2.24, 2.45) is 5.92 Å². The lowest BCUT2D eigenvalue weighted by molar-refractivity contribution is 0.0449. The summed E-state index contributed by atoms with van der Waals surface area (Å²) in [5.41, 5.74) is 0. The molecule has 0 bridgehead atoms. The summed E-state index contributed by atoms with van der Waals surface area (Å²) >= 11 is 0. The van der Waals surface area contributed by atoms with Crippen LogP contribution in [0.2, 0.25) is 6.82 Å². The first-order valence-electron chi connectivity index (χ1n) is 3.78. The minimum atomic E-state index is -0.419. The van der Waals surface area contributed by atoms with E-state index < -0.39 is 7.05 Å². The van der Waals surface area contributed by atoms with Crippen molar-refractivity contribution in [3.8, 4) is 0 Å². The van der Waals surface area contributed by atoms with Crippen molar-refractivity contribution in [2.45, 2.75) is 25.8 Å². The summed E-state index contributed by atoms with van der Waals surface area (Å²) in [6.45, 7) is 2.53. The van der Waals surface area contributed by atoms with Crippen LogP contribution in [0.3, 0.4) is 0 Å². The molecule has 0 radical (unpaired) electrons. The van der Waals surface area contributed by atoms with Crippen LogP contribution in [0.25, 0.3) is 0 Å². The Morgan fingerprint density at radius 3 is 2.60 bits per heavy atom. The maximum Gasteiger partial charge on any atom is 0.373 e. The van der Waals surface area contributed by atoms with E-state index in [0.717, 1.165) is 19.4 Å². The molecule has 1 aliphatic rings. The molecule has 1 rings (SSSR count). The van der Waals surface area contributed by atoms with Gasteiger partial charge in [0, 0.05) is 0 Å². The lowest BCUT2D eigenvalue weighted by Crippen LogP contribution is -2.41. The van der Waals surface area contributed by atoms with Gasteiger partial charge in [0.15, 0.2) is 0 Å². The molecule has 58 valence electrons. The highest BCUT2D eigenvalue weighted by atomic mass is 16.3. The second-order valence-electron chi connectivity index (χ2n) is 3.08. The standard InChI is InChI=1S/C6H14BNO2/c1-7(10)8-4-5-2-6(9)3-5/h5-6,8-10H,2-4H2,1H3/t5-,6-. The van der Waals surface area contributed by atoms with Gasteiger partial charge in [-0.05, 0) is 32.1 Å². The Morgan fingerprint density at radius 1 is 1.60 bits per heavy atom. The van der Waals surface area contributed by atoms with Crippen molar-refractivity contribution in [1.29, 1.82) is 0 Å². The van der Waals surface area contributed by atoms with Crippen molar-refractivity contribution >= 4 is 7.05 Å². The van der Waals surface area contributed by atoms with Crippen LogP contribution in [0.4, 0.5) is 0 Å². The van der Waals surface area contributed by atoms with Gasteiger partial charge >= 0.3 is 7.05 Å². The highest BCUT2D eigenvalue weighted by Crippen LogP contribution is 2.25. The average molecular weight is 143 g/mol. The first-order valence-corrected chi connectivity index (χ1v) is 3.78. The summed E-state index contributed by atoms with van der Waals surface area (Å²) in [6, 6.07) is 0. The minimum Gasteiger partial charge on any atom is -0.437 e. The maximum atomic E-state index is 8.89. The molecule has 3 nitrogen and oxygen atoms in total. The van der Waals surface area contributed by atoms with Crippen LogP contribution < -0.4 is 5.23 Å². The monoisotopic (exact) mass is 143 g/mol. The van der Waals surface area contributed by atoms with E-state index in [1.165, 1.54) is 0 Å². The van der Waals surface area contributed by atoms with E-state index in [4.69, 9.17) is 10.1 Å². The molecule has 0 atom stereocenters. The Morgan fingerprint density at radius 2 is 2.20 bits per heavy atom. The molecule has 4 heteroatoms. The topological polar surface area (TPSA) is 52.5 Å². The summed E-state index contributed by atoms with van der Waals surface area (Å²) in [6.07, 6.45) is 1.69. The predicted molar refractivity (Wildman–Crippen MR) is 40.6 cm³/mol. The zero-order valence-electron chi connectivity index (χ0n) is 6.25. The molecule has 1 aliphatic carbocycles. The Bertz CT molecular complexity index is 104. The van der Waals surface area contributed by atoms with Crippen molar-refractivity contribution < 1.29 is 10.1 Å². The number of hydrogen-bond donors (Lipinski definition) is 3. The van der Waals surface area contributed by atoms with E-state index >= 15 is 0 Å². The third-order valence-corrected chi connectivity index (χ3v) is 1.91. The highest BCUT2D eigenvalue weighted by molar-refractivity contribution is 6.45. The molecule has 0 aliphatic heterocycles. The average Bonchev–Trinajstić information content (AvgIpc) is 1.77. The van der Waals surface area contributed by atoms with Gasteiger partial charge in [-0.25, -0.2) is 0 Å². The first-order chi connectivity index (χ1) is 4.68. The van der Waals surface area contributed by atoms with Gasteiger partial charge in [-0.2, -0.15) is 0 Å². The van der Waals surface area contributed by atoms with Crippen LogP contribution in [0.5, 0.6) is 0 Å². The van der Waals surface area contributed by atoms with Crippen LogP contribution >= 0.6 is 0 Å². The summed E-state index contributed by atoms with van der Waals surface area (Å²) in [4.78, 5) is 0. The number of hydrogen-bond acceptors (Lipinski definition) is 3. The normalized spacial score (nSPS) is 31.5. The summed E-state index contributed by atoms with van der Waals surface area (Å²) in [7, 11) is -0.419. The number of nitrogens with one attached hydrogen (secondary N) is 1. The fraction of sp³-hybridized carbons (Fsp3) is 1.00. The quantitative estimate of drug-likeness (QED) is 0.465. The third kappa shape index (κ3) is 2.29. The second kappa shape index (κ2) is 3.37. The molecule has 1 saturated carbocycles. The number of aliphatic hydroxyl groups excluding tert-OH is 1. The molecule has 0 aromatic heterocycles. The van der Waals surface area contributed by atoms with E-state index in [9.17, 15) is 0 Å². The van der Waals surface area contributed by atoms with Gasteiger partial charge < -0.3 is 15.4 Å². The number of rotatable bonds is 3. The van der Waals surface area contributed by atoms with E-state index in [0.29, 0.717) is 5.92 Å². The van der Waals surface area contributed by atoms with Crippen LogP contribution in [-0.2, 0) is 0 Å². The van der Waals surface area contributed by atoms with Gasteiger partial charge in [-0.3, -0.25) is 0 Å². The zero-order valence-corrected chi connectivity index (χ0v) is 6.25. The van der Waals surface area contributed by atoms with E-state index in [1.54, 1.807) is 6.82 Å². The van der Waals surface area contributed by atoms with Gasteiger partial charge in [-0.15, -0.1) is 0 Å². The van der Waals surface area contributed by atoms with Crippen LogP contribution in [0, 0.1) is 5.92 Å². The van der Waals surface area contributed by atoms with E-state index in [2.05, 4.69) is 5.23 Å². The molecular formula is C6H14BNO2. The Labute approximate surface area is 61.6 Å². The second-order valence-corrected chi connectivity index (χ2v) is 3.08. The molecule has 0 aromatic rings. The van der Waals surface area contributed by atoms with Gasteiger partial charge in [-0.1, -0.05) is 0 Å². The summed E-state index contributed by atoms with van der Waals surface area (Å²) < 4.78 is 0. The fourth-order valence-corrected chi connectivity index (χ4v) is 1.20.